The molecule has 0 heterocycles. The van der Waals surface area contributed by atoms with Crippen LogP contribution in [0.4, 0.5) is 8.78 Å². The van der Waals surface area contributed by atoms with Crippen LogP contribution in [0.5, 0.6) is 5.75 Å². The van der Waals surface area contributed by atoms with E-state index in [4.69, 9.17) is 9.47 Å². The average molecular weight is 407 g/mol. The van der Waals surface area contributed by atoms with Crippen LogP contribution in [0.15, 0.2) is 42.5 Å². The molecule has 154 valence electrons. The maximum Gasteiger partial charge on any atom is 0.317 e. The van der Waals surface area contributed by atoms with Gasteiger partial charge in [-0.15, -0.1) is 0 Å². The van der Waals surface area contributed by atoms with Crippen LogP contribution in [-0.4, -0.2) is 36.9 Å². The molecule has 29 heavy (non-hydrogen) atoms. The lowest BCUT2D eigenvalue weighted by atomic mass is 9.81. The molecule has 0 N–H and O–H groups in total. The predicted octanol–water partition coefficient (Wildman–Crippen LogP) is 3.40. The van der Waals surface area contributed by atoms with Crippen molar-refractivity contribution in [2.45, 2.75) is 12.8 Å². The first kappa shape index (κ1) is 21.9. The third kappa shape index (κ3) is 5.34. The van der Waals surface area contributed by atoms with Crippen LogP contribution >= 0.6 is 0 Å². The summed E-state index contributed by atoms with van der Waals surface area (Å²) in [4.78, 5) is 36.1. The minimum atomic E-state index is -1.61. The standard InChI is InChI=1S/C20H19F2NO6/c1-3-29-20(25)18(19(24)12-4-7-14(28-2)8-5-12)15(11-23(26)27)13-6-9-16(21)17(22)10-13/h4-10,15,18H,3,11H2,1-2H3. The van der Waals surface area contributed by atoms with E-state index in [1.807, 2.05) is 0 Å². The van der Waals surface area contributed by atoms with Crippen molar-refractivity contribution in [3.63, 3.8) is 0 Å². The van der Waals surface area contributed by atoms with Crippen LogP contribution in [0.1, 0.15) is 28.8 Å². The van der Waals surface area contributed by atoms with E-state index < -0.39 is 46.7 Å². The number of esters is 1. The zero-order valence-electron chi connectivity index (χ0n) is 15.8. The van der Waals surface area contributed by atoms with Crippen molar-refractivity contribution in [1.82, 2.24) is 0 Å². The Morgan fingerprint density at radius 2 is 1.76 bits per heavy atom. The van der Waals surface area contributed by atoms with Crippen LogP contribution in [0.2, 0.25) is 0 Å². The molecule has 2 aromatic carbocycles. The zero-order valence-corrected chi connectivity index (χ0v) is 15.8. The predicted molar refractivity (Wildman–Crippen MR) is 98.4 cm³/mol. The van der Waals surface area contributed by atoms with E-state index in [1.165, 1.54) is 38.3 Å². The molecule has 7 nitrogen and oxygen atoms in total. The summed E-state index contributed by atoms with van der Waals surface area (Å²) < 4.78 is 37.0. The topological polar surface area (TPSA) is 95.7 Å². The molecule has 0 aliphatic rings. The Hall–Kier alpha value is -3.36. The number of hydrogen-bond donors (Lipinski definition) is 0. The molecule has 0 spiro atoms. The number of Topliss-reactive ketones (excluding diaryl/α,β-unsaturated/α-hetero) is 1. The number of ether oxygens (including phenoxy) is 2. The number of ketones is 1. The number of nitrogens with zero attached hydrogens (tertiary/aromatic N) is 1. The van der Waals surface area contributed by atoms with Crippen LogP contribution in [-0.2, 0) is 9.53 Å². The van der Waals surface area contributed by atoms with Gasteiger partial charge in [-0.1, -0.05) is 6.07 Å². The number of rotatable bonds is 9. The maximum absolute atomic E-state index is 13.7. The van der Waals surface area contributed by atoms with E-state index in [1.54, 1.807) is 0 Å². The Morgan fingerprint density at radius 1 is 1.10 bits per heavy atom. The van der Waals surface area contributed by atoms with E-state index in [0.717, 1.165) is 18.2 Å². The normalized spacial score (nSPS) is 12.7. The van der Waals surface area contributed by atoms with Crippen molar-refractivity contribution < 1.29 is 32.8 Å². The SMILES string of the molecule is CCOC(=O)C(C(=O)c1ccc(OC)cc1)C(C[N+](=O)[O-])c1ccc(F)c(F)c1. The highest BCUT2D eigenvalue weighted by Gasteiger charge is 2.40. The number of hydrogen-bond acceptors (Lipinski definition) is 6. The highest BCUT2D eigenvalue weighted by atomic mass is 19.2. The zero-order chi connectivity index (χ0) is 21.6. The van der Waals surface area contributed by atoms with E-state index in [-0.39, 0.29) is 17.7 Å². The maximum atomic E-state index is 13.7. The van der Waals surface area contributed by atoms with E-state index >= 15 is 0 Å². The second-order valence-electron chi connectivity index (χ2n) is 6.12. The molecular formula is C20H19F2NO6. The molecule has 0 aliphatic heterocycles. The average Bonchev–Trinajstić information content (AvgIpc) is 2.69. The third-order valence-corrected chi connectivity index (χ3v) is 4.32. The summed E-state index contributed by atoms with van der Waals surface area (Å²) >= 11 is 0. The fourth-order valence-corrected chi connectivity index (χ4v) is 2.93. The quantitative estimate of drug-likeness (QED) is 0.208. The number of carbonyl (C=O) groups excluding carboxylic acids is 2. The van der Waals surface area contributed by atoms with Crippen molar-refractivity contribution in [3.8, 4) is 5.75 Å². The minimum absolute atomic E-state index is 0.0551. The first-order chi connectivity index (χ1) is 13.8. The van der Waals surface area contributed by atoms with Crippen LogP contribution < -0.4 is 4.74 Å². The van der Waals surface area contributed by atoms with Crippen molar-refractivity contribution in [1.29, 1.82) is 0 Å². The van der Waals surface area contributed by atoms with Crippen LogP contribution in [0.25, 0.3) is 0 Å². The molecule has 0 radical (unpaired) electrons. The van der Waals surface area contributed by atoms with Crippen molar-refractivity contribution >= 4 is 11.8 Å². The van der Waals surface area contributed by atoms with Gasteiger partial charge >= 0.3 is 5.97 Å². The summed E-state index contributed by atoms with van der Waals surface area (Å²) in [7, 11) is 1.44. The van der Waals surface area contributed by atoms with Gasteiger partial charge in [0.25, 0.3) is 0 Å². The Bertz CT molecular complexity index is 900. The Balaban J connectivity index is 2.54. The highest BCUT2D eigenvalue weighted by Crippen LogP contribution is 2.31. The molecule has 9 heteroatoms. The molecule has 0 saturated heterocycles. The van der Waals surface area contributed by atoms with Crippen molar-refractivity contribution in [2.24, 2.45) is 5.92 Å². The fraction of sp³-hybridized carbons (Fsp3) is 0.300. The van der Waals surface area contributed by atoms with E-state index in [0.29, 0.717) is 5.75 Å². The minimum Gasteiger partial charge on any atom is -0.497 e. The summed E-state index contributed by atoms with van der Waals surface area (Å²) in [5.74, 6) is -6.60. The molecule has 0 amide bonds. The molecule has 2 unspecified atom stereocenters. The van der Waals surface area contributed by atoms with Gasteiger partial charge in [0.2, 0.25) is 6.54 Å². The van der Waals surface area contributed by atoms with Crippen molar-refractivity contribution in [3.05, 3.63) is 75.3 Å². The number of methoxy groups -OCH3 is 1. The summed E-state index contributed by atoms with van der Waals surface area (Å²) in [6, 6.07) is 8.45. The number of nitro groups is 1. The lowest BCUT2D eigenvalue weighted by Gasteiger charge is -2.22. The second kappa shape index (κ2) is 9.72. The molecule has 2 rings (SSSR count). The monoisotopic (exact) mass is 407 g/mol. The van der Waals surface area contributed by atoms with Gasteiger partial charge in [-0.25, -0.2) is 8.78 Å². The van der Waals surface area contributed by atoms with Gasteiger partial charge in [-0.2, -0.15) is 0 Å². The summed E-state index contributed by atoms with van der Waals surface area (Å²) in [5.41, 5.74) is 0.0419. The number of carbonyl (C=O) groups is 2. The molecule has 0 bridgehead atoms. The molecule has 0 aromatic heterocycles. The molecule has 0 saturated carbocycles. The highest BCUT2D eigenvalue weighted by molar-refractivity contribution is 6.09. The van der Waals surface area contributed by atoms with Gasteiger partial charge in [0, 0.05) is 10.5 Å². The van der Waals surface area contributed by atoms with Gasteiger partial charge in [-0.05, 0) is 48.9 Å². The molecular weight excluding hydrogens is 388 g/mol. The molecule has 2 atom stereocenters. The summed E-state index contributed by atoms with van der Waals surface area (Å²) in [5, 5.41) is 11.2. The smallest absolute Gasteiger partial charge is 0.317 e. The largest absolute Gasteiger partial charge is 0.497 e. The molecule has 2 aromatic rings. The molecule has 0 aliphatic carbocycles. The van der Waals surface area contributed by atoms with Crippen LogP contribution in [0.3, 0.4) is 0 Å². The first-order valence-electron chi connectivity index (χ1n) is 8.70. The van der Waals surface area contributed by atoms with Crippen molar-refractivity contribution in [2.75, 3.05) is 20.3 Å². The van der Waals surface area contributed by atoms with E-state index in [2.05, 4.69) is 0 Å². The Morgan fingerprint density at radius 3 is 2.28 bits per heavy atom. The third-order valence-electron chi connectivity index (χ3n) is 4.32. The van der Waals surface area contributed by atoms with Gasteiger partial charge in [0.05, 0.1) is 19.6 Å². The molecule has 0 fully saturated rings. The van der Waals surface area contributed by atoms with Gasteiger partial charge in [0.15, 0.2) is 17.4 Å². The van der Waals surface area contributed by atoms with E-state index in [9.17, 15) is 28.5 Å². The van der Waals surface area contributed by atoms with Gasteiger partial charge < -0.3 is 9.47 Å². The van der Waals surface area contributed by atoms with Gasteiger partial charge in [0.1, 0.15) is 11.7 Å². The summed E-state index contributed by atoms with van der Waals surface area (Å²) in [6.07, 6.45) is 0. The van der Waals surface area contributed by atoms with Crippen LogP contribution in [0, 0.1) is 27.7 Å². The lowest BCUT2D eigenvalue weighted by molar-refractivity contribution is -0.484. The fourth-order valence-electron chi connectivity index (χ4n) is 2.93. The number of benzene rings is 2. The Labute approximate surface area is 165 Å². The lowest BCUT2D eigenvalue weighted by Crippen LogP contribution is -2.35. The number of halogens is 2. The van der Waals surface area contributed by atoms with Gasteiger partial charge in [-0.3, -0.25) is 19.7 Å². The summed E-state index contributed by atoms with van der Waals surface area (Å²) in [6.45, 7) is 0.609. The second-order valence-corrected chi connectivity index (χ2v) is 6.12. The Kier molecular flexibility index (Phi) is 7.35. The first-order valence-corrected chi connectivity index (χ1v) is 8.70.